The zero-order valence-corrected chi connectivity index (χ0v) is 23.6. The number of carbonyl (C=O) groups is 2. The Morgan fingerprint density at radius 3 is 2.33 bits per heavy atom. The molecule has 2 aliphatic rings. The van der Waals surface area contributed by atoms with Gasteiger partial charge in [-0.05, 0) is 44.0 Å². The molecule has 5 rings (SSSR count). The van der Waals surface area contributed by atoms with Crippen molar-refractivity contribution in [3.05, 3.63) is 83.0 Å². The number of anilines is 1. The summed E-state index contributed by atoms with van der Waals surface area (Å²) >= 11 is 0. The molecule has 0 spiro atoms. The maximum atomic E-state index is 12.5. The van der Waals surface area contributed by atoms with Crippen LogP contribution in [0.25, 0.3) is 11.1 Å². The van der Waals surface area contributed by atoms with Gasteiger partial charge in [-0.3, -0.25) is 14.5 Å². The number of aryl methyl sites for hydroxylation is 1. The number of carbonyl (C=O) groups excluding carboxylic acids is 2. The minimum absolute atomic E-state index is 0.106. The first-order valence-corrected chi connectivity index (χ1v) is 14.1. The van der Waals surface area contributed by atoms with Gasteiger partial charge in [-0.1, -0.05) is 66.9 Å². The lowest BCUT2D eigenvalue weighted by Crippen LogP contribution is -2.46. The van der Waals surface area contributed by atoms with E-state index in [4.69, 9.17) is 16.2 Å². The highest BCUT2D eigenvalue weighted by atomic mass is 16.5. The van der Waals surface area contributed by atoms with Gasteiger partial charge in [0, 0.05) is 43.5 Å². The van der Waals surface area contributed by atoms with Gasteiger partial charge in [0.2, 0.25) is 0 Å². The maximum absolute atomic E-state index is 12.5. The molecule has 212 valence electrons. The van der Waals surface area contributed by atoms with Crippen LogP contribution in [0.4, 0.5) is 5.82 Å². The van der Waals surface area contributed by atoms with Crippen molar-refractivity contribution in [1.29, 1.82) is 0 Å². The monoisotopic (exact) mass is 543 g/mol. The molecular weight excluding hydrogens is 502 g/mol. The predicted octanol–water partition coefficient (Wildman–Crippen LogP) is 4.31. The summed E-state index contributed by atoms with van der Waals surface area (Å²) in [5.41, 5.74) is 16.0. The van der Waals surface area contributed by atoms with Crippen LogP contribution < -0.4 is 11.5 Å². The van der Waals surface area contributed by atoms with Crippen LogP contribution in [0, 0.1) is 6.92 Å². The van der Waals surface area contributed by atoms with Crippen LogP contribution in [0.5, 0.6) is 0 Å². The fraction of sp³-hybridized carbons (Fsp3) is 0.406. The molecule has 0 radical (unpaired) electrons. The normalized spacial score (nSPS) is 16.4. The number of amides is 1. The van der Waals surface area contributed by atoms with Crippen LogP contribution in [-0.4, -0.2) is 72.3 Å². The third kappa shape index (κ3) is 8.45. The zero-order chi connectivity index (χ0) is 28.5. The van der Waals surface area contributed by atoms with Gasteiger partial charge in [0.05, 0.1) is 24.8 Å². The lowest BCUT2D eigenvalue weighted by atomic mass is 10.0. The quantitative estimate of drug-likeness (QED) is 0.407. The largest absolute Gasteiger partial charge is 0.383 e. The SMILES string of the molecule is CN1CCN(CC(=O)c2ccc(-c3cnc(N)c(C(N)=O)c3)cc2)CC1.Cc1cccc(COC2CCCC2)c1. The molecule has 2 fully saturated rings. The molecule has 1 saturated heterocycles. The molecule has 0 bridgehead atoms. The second-order valence-electron chi connectivity index (χ2n) is 10.8. The second-order valence-corrected chi connectivity index (χ2v) is 10.8. The van der Waals surface area contributed by atoms with E-state index >= 15 is 0 Å². The van der Waals surface area contributed by atoms with E-state index in [1.165, 1.54) is 36.8 Å². The Morgan fingerprint density at radius 2 is 1.68 bits per heavy atom. The minimum atomic E-state index is -0.615. The molecule has 4 N–H and O–H groups in total. The number of ether oxygens (including phenoxy) is 1. The van der Waals surface area contributed by atoms with Crippen molar-refractivity contribution in [3.63, 3.8) is 0 Å². The number of likely N-dealkylation sites (N-methyl/N-ethyl adjacent to an activating group) is 1. The van der Waals surface area contributed by atoms with Gasteiger partial charge in [-0.2, -0.15) is 0 Å². The van der Waals surface area contributed by atoms with Crippen LogP contribution >= 0.6 is 0 Å². The molecule has 8 nitrogen and oxygen atoms in total. The van der Waals surface area contributed by atoms with E-state index in [9.17, 15) is 9.59 Å². The molecule has 3 aromatic rings. The van der Waals surface area contributed by atoms with Crippen molar-refractivity contribution in [3.8, 4) is 11.1 Å². The highest BCUT2D eigenvalue weighted by molar-refractivity contribution is 5.99. The van der Waals surface area contributed by atoms with Gasteiger partial charge in [-0.25, -0.2) is 4.98 Å². The van der Waals surface area contributed by atoms with E-state index in [-0.39, 0.29) is 17.2 Å². The number of hydrogen-bond acceptors (Lipinski definition) is 7. The number of nitrogen functional groups attached to an aromatic ring is 1. The molecule has 1 amide bonds. The summed E-state index contributed by atoms with van der Waals surface area (Å²) in [5, 5.41) is 0. The summed E-state index contributed by atoms with van der Waals surface area (Å²) in [6.07, 6.45) is 7.31. The summed E-state index contributed by atoms with van der Waals surface area (Å²) in [5.74, 6) is -0.398. The second kappa shape index (κ2) is 14.2. The van der Waals surface area contributed by atoms with Crippen molar-refractivity contribution in [2.45, 2.75) is 45.3 Å². The van der Waals surface area contributed by atoms with E-state index < -0.39 is 5.91 Å². The summed E-state index contributed by atoms with van der Waals surface area (Å²) < 4.78 is 5.84. The molecule has 1 aliphatic heterocycles. The summed E-state index contributed by atoms with van der Waals surface area (Å²) in [6.45, 7) is 7.13. The van der Waals surface area contributed by atoms with E-state index in [0.717, 1.165) is 43.9 Å². The minimum Gasteiger partial charge on any atom is -0.383 e. The lowest BCUT2D eigenvalue weighted by Gasteiger charge is -2.31. The number of Topliss-reactive ketones (excluding diaryl/α,β-unsaturated/α-hetero) is 1. The molecule has 0 unspecified atom stereocenters. The molecular formula is C32H41N5O3. The zero-order valence-electron chi connectivity index (χ0n) is 23.6. The van der Waals surface area contributed by atoms with Gasteiger partial charge in [0.15, 0.2) is 5.78 Å². The van der Waals surface area contributed by atoms with Crippen molar-refractivity contribution in [1.82, 2.24) is 14.8 Å². The molecule has 8 heteroatoms. The Morgan fingerprint density at radius 1 is 0.975 bits per heavy atom. The molecule has 2 aromatic carbocycles. The van der Waals surface area contributed by atoms with Crippen LogP contribution in [0.2, 0.25) is 0 Å². The Labute approximate surface area is 237 Å². The number of aromatic nitrogens is 1. The number of rotatable bonds is 8. The first-order valence-electron chi connectivity index (χ1n) is 14.1. The van der Waals surface area contributed by atoms with Crippen molar-refractivity contribution < 1.29 is 14.3 Å². The number of nitrogens with zero attached hydrogens (tertiary/aromatic N) is 3. The topological polar surface area (TPSA) is 115 Å². The Hall–Kier alpha value is -3.59. The van der Waals surface area contributed by atoms with Crippen LogP contribution in [0.1, 0.15) is 57.5 Å². The van der Waals surface area contributed by atoms with E-state index in [1.54, 1.807) is 24.4 Å². The number of pyridine rings is 1. The standard InChI is InChI=1S/C19H23N5O2.C13H18O/c1-23-6-8-24(9-7-23)12-17(25)14-4-2-13(3-5-14)15-10-16(19(21)26)18(20)22-11-15;1-11-5-4-6-12(9-11)10-14-13-7-2-3-8-13/h2-5,10-11H,6-9,12H2,1H3,(H2,20,22)(H2,21,26);4-6,9,13H,2-3,7-8,10H2,1H3. The molecule has 40 heavy (non-hydrogen) atoms. The Kier molecular flexibility index (Phi) is 10.4. The molecule has 1 saturated carbocycles. The predicted molar refractivity (Wildman–Crippen MR) is 159 cm³/mol. The van der Waals surface area contributed by atoms with Gasteiger partial charge in [0.1, 0.15) is 5.82 Å². The van der Waals surface area contributed by atoms with E-state index in [0.29, 0.717) is 18.2 Å². The summed E-state index contributed by atoms with van der Waals surface area (Å²) in [4.78, 5) is 32.4. The number of benzene rings is 2. The van der Waals surface area contributed by atoms with Gasteiger partial charge in [-0.15, -0.1) is 0 Å². The highest BCUT2D eigenvalue weighted by Crippen LogP contribution is 2.23. The third-order valence-electron chi connectivity index (χ3n) is 7.56. The number of nitrogens with two attached hydrogens (primary N) is 2. The maximum Gasteiger partial charge on any atom is 0.252 e. The average molecular weight is 544 g/mol. The van der Waals surface area contributed by atoms with Gasteiger partial charge < -0.3 is 21.1 Å². The number of primary amides is 1. The Balaban J connectivity index is 0.000000222. The number of ketones is 1. The fourth-order valence-electron chi connectivity index (χ4n) is 5.05. The van der Waals surface area contributed by atoms with Gasteiger partial charge in [0.25, 0.3) is 5.91 Å². The van der Waals surface area contributed by atoms with Crippen LogP contribution in [0.15, 0.2) is 60.8 Å². The fourth-order valence-corrected chi connectivity index (χ4v) is 5.05. The molecule has 2 heterocycles. The van der Waals surface area contributed by atoms with Crippen LogP contribution in [0.3, 0.4) is 0 Å². The van der Waals surface area contributed by atoms with Gasteiger partial charge >= 0.3 is 0 Å². The lowest BCUT2D eigenvalue weighted by molar-refractivity contribution is 0.0457. The molecule has 1 aliphatic carbocycles. The number of hydrogen-bond donors (Lipinski definition) is 2. The summed E-state index contributed by atoms with van der Waals surface area (Å²) in [6, 6.07) is 17.5. The Bertz CT molecular complexity index is 1280. The average Bonchev–Trinajstić information content (AvgIpc) is 3.48. The van der Waals surface area contributed by atoms with Crippen molar-refractivity contribution in [2.75, 3.05) is 45.5 Å². The first kappa shape index (κ1) is 29.4. The molecule has 1 aromatic heterocycles. The van der Waals surface area contributed by atoms with Crippen LogP contribution in [-0.2, 0) is 11.3 Å². The number of piperazine rings is 1. The van der Waals surface area contributed by atoms with Crippen molar-refractivity contribution >= 4 is 17.5 Å². The van der Waals surface area contributed by atoms with E-state index in [1.807, 2.05) is 12.1 Å². The summed E-state index contributed by atoms with van der Waals surface area (Å²) in [7, 11) is 2.09. The smallest absolute Gasteiger partial charge is 0.252 e. The first-order chi connectivity index (χ1) is 19.3. The van der Waals surface area contributed by atoms with Crippen molar-refractivity contribution in [2.24, 2.45) is 5.73 Å². The van der Waals surface area contributed by atoms with E-state index in [2.05, 4.69) is 53.0 Å². The highest BCUT2D eigenvalue weighted by Gasteiger charge is 2.18. The molecule has 0 atom stereocenters. The third-order valence-corrected chi connectivity index (χ3v) is 7.56.